The van der Waals surface area contributed by atoms with E-state index in [-0.39, 0.29) is 11.3 Å². The van der Waals surface area contributed by atoms with E-state index >= 15 is 0 Å². The van der Waals surface area contributed by atoms with E-state index in [9.17, 15) is 17.2 Å². The van der Waals surface area contributed by atoms with Crippen molar-refractivity contribution in [1.29, 1.82) is 0 Å². The molecule has 2 rings (SSSR count). The van der Waals surface area contributed by atoms with Gasteiger partial charge in [-0.1, -0.05) is 24.3 Å². The second kappa shape index (κ2) is 5.34. The van der Waals surface area contributed by atoms with Gasteiger partial charge in [-0.2, -0.15) is 12.8 Å². The molecule has 0 saturated carbocycles. The van der Waals surface area contributed by atoms with Gasteiger partial charge in [0.25, 0.3) is 10.1 Å². The highest BCUT2D eigenvalue weighted by molar-refractivity contribution is 7.85. The molecule has 0 bridgehead atoms. The molecular formula is C13H12F2O4S. The van der Waals surface area contributed by atoms with Gasteiger partial charge >= 0.3 is 0 Å². The van der Waals surface area contributed by atoms with Crippen molar-refractivity contribution in [2.24, 2.45) is 0 Å². The number of benzene rings is 2. The van der Waals surface area contributed by atoms with Crippen molar-refractivity contribution in [3.8, 4) is 5.75 Å². The largest absolute Gasteiger partial charge is 0.493 e. The van der Waals surface area contributed by atoms with Gasteiger partial charge in [0.1, 0.15) is 0 Å². The molecule has 0 aromatic heterocycles. The summed E-state index contributed by atoms with van der Waals surface area (Å²) in [5, 5.41) is 0.688. The molecule has 0 aliphatic heterocycles. The van der Waals surface area contributed by atoms with E-state index in [4.69, 9.17) is 4.74 Å². The minimum Gasteiger partial charge on any atom is -0.493 e. The van der Waals surface area contributed by atoms with Crippen molar-refractivity contribution in [2.75, 3.05) is 13.4 Å². The maximum atomic E-state index is 14.0. The van der Waals surface area contributed by atoms with E-state index in [2.05, 4.69) is 4.18 Å². The first kappa shape index (κ1) is 14.7. The Morgan fingerprint density at radius 1 is 1.10 bits per heavy atom. The molecule has 0 fully saturated rings. The standard InChI is InChI=1S/C13H12F2O4S/c1-18-13-9-6-4-3-5-8(9)10(11(14)12(13)15)7-19-20(2,16)17/h3-6H,7H2,1-2H3. The second-order valence-corrected chi connectivity index (χ2v) is 5.80. The molecular weight excluding hydrogens is 290 g/mol. The lowest BCUT2D eigenvalue weighted by Crippen LogP contribution is -2.07. The Balaban J connectivity index is 2.68. The zero-order valence-electron chi connectivity index (χ0n) is 10.8. The normalized spacial score (nSPS) is 11.8. The van der Waals surface area contributed by atoms with Crippen LogP contribution in [0.25, 0.3) is 10.8 Å². The zero-order chi connectivity index (χ0) is 14.9. The van der Waals surface area contributed by atoms with Crippen LogP contribution in [-0.2, 0) is 20.9 Å². The Labute approximate surface area is 115 Å². The maximum absolute atomic E-state index is 14.0. The molecule has 0 unspecified atom stereocenters. The SMILES string of the molecule is COc1c(F)c(F)c(COS(C)(=O)=O)c2ccccc12. The Kier molecular flexibility index (Phi) is 3.92. The summed E-state index contributed by atoms with van der Waals surface area (Å²) >= 11 is 0. The minimum atomic E-state index is -3.76. The molecule has 0 spiro atoms. The zero-order valence-corrected chi connectivity index (χ0v) is 11.6. The predicted octanol–water partition coefficient (Wildman–Crippen LogP) is 2.60. The number of rotatable bonds is 4. The van der Waals surface area contributed by atoms with Crippen LogP contribution in [0, 0.1) is 11.6 Å². The van der Waals surface area contributed by atoms with Crippen molar-refractivity contribution in [3.63, 3.8) is 0 Å². The first-order valence-corrected chi connectivity index (χ1v) is 7.43. The fourth-order valence-corrected chi connectivity index (χ4v) is 2.25. The molecule has 0 atom stereocenters. The van der Waals surface area contributed by atoms with Crippen molar-refractivity contribution in [3.05, 3.63) is 41.5 Å². The van der Waals surface area contributed by atoms with Crippen LogP contribution in [0.5, 0.6) is 5.75 Å². The molecule has 7 heteroatoms. The van der Waals surface area contributed by atoms with Gasteiger partial charge in [-0.05, 0) is 5.39 Å². The average Bonchev–Trinajstić information content (AvgIpc) is 2.38. The van der Waals surface area contributed by atoms with E-state index in [0.717, 1.165) is 6.26 Å². The minimum absolute atomic E-state index is 0.163. The summed E-state index contributed by atoms with van der Waals surface area (Å²) in [4.78, 5) is 0. The van der Waals surface area contributed by atoms with Gasteiger partial charge in [0.15, 0.2) is 11.6 Å². The molecule has 0 aliphatic rings. The van der Waals surface area contributed by atoms with E-state index in [1.165, 1.54) is 7.11 Å². The molecule has 20 heavy (non-hydrogen) atoms. The predicted molar refractivity (Wildman–Crippen MR) is 70.0 cm³/mol. The number of hydrogen-bond acceptors (Lipinski definition) is 4. The summed E-state index contributed by atoms with van der Waals surface area (Å²) in [6.45, 7) is -0.577. The highest BCUT2D eigenvalue weighted by Crippen LogP contribution is 2.34. The van der Waals surface area contributed by atoms with Gasteiger partial charge in [0.05, 0.1) is 20.0 Å². The van der Waals surface area contributed by atoms with Crippen molar-refractivity contribution in [1.82, 2.24) is 0 Å². The van der Waals surface area contributed by atoms with Gasteiger partial charge in [0, 0.05) is 10.9 Å². The number of halogens is 2. The fourth-order valence-electron chi connectivity index (χ4n) is 1.92. The third kappa shape index (κ3) is 2.73. The number of hydrogen-bond donors (Lipinski definition) is 0. The van der Waals surface area contributed by atoms with Crippen LogP contribution in [0.4, 0.5) is 8.78 Å². The lowest BCUT2D eigenvalue weighted by molar-refractivity contribution is 0.303. The summed E-state index contributed by atoms with van der Waals surface area (Å²) in [5.74, 6) is -2.57. The summed E-state index contributed by atoms with van der Waals surface area (Å²) in [6, 6.07) is 6.37. The molecule has 2 aromatic rings. The van der Waals surface area contributed by atoms with Gasteiger partial charge < -0.3 is 4.74 Å². The second-order valence-electron chi connectivity index (χ2n) is 4.15. The van der Waals surface area contributed by atoms with Crippen LogP contribution < -0.4 is 4.74 Å². The fraction of sp³-hybridized carbons (Fsp3) is 0.231. The molecule has 0 aliphatic carbocycles. The molecule has 0 N–H and O–H groups in total. The van der Waals surface area contributed by atoms with Crippen LogP contribution in [0.2, 0.25) is 0 Å². The topological polar surface area (TPSA) is 52.6 Å². The molecule has 108 valence electrons. The first-order chi connectivity index (χ1) is 9.35. The molecule has 0 heterocycles. The van der Waals surface area contributed by atoms with Gasteiger partial charge in [-0.15, -0.1) is 0 Å². The van der Waals surface area contributed by atoms with Crippen molar-refractivity contribution in [2.45, 2.75) is 6.61 Å². The van der Waals surface area contributed by atoms with E-state index in [1.807, 2.05) is 0 Å². The van der Waals surface area contributed by atoms with Crippen LogP contribution >= 0.6 is 0 Å². The van der Waals surface area contributed by atoms with Crippen LogP contribution in [0.1, 0.15) is 5.56 Å². The summed E-state index contributed by atoms with van der Waals surface area (Å²) in [7, 11) is -2.52. The summed E-state index contributed by atoms with van der Waals surface area (Å²) in [5.41, 5.74) is -0.163. The highest BCUT2D eigenvalue weighted by atomic mass is 32.2. The summed E-state index contributed by atoms with van der Waals surface area (Å²) in [6.07, 6.45) is 0.840. The van der Waals surface area contributed by atoms with Crippen molar-refractivity contribution < 1.29 is 26.1 Å². The Morgan fingerprint density at radius 2 is 1.70 bits per heavy atom. The molecule has 0 radical (unpaired) electrons. The van der Waals surface area contributed by atoms with Gasteiger partial charge in [0.2, 0.25) is 5.82 Å². The molecule has 0 saturated heterocycles. The summed E-state index contributed by atoms with van der Waals surface area (Å²) < 4.78 is 59.3. The lowest BCUT2D eigenvalue weighted by Gasteiger charge is -2.13. The smallest absolute Gasteiger partial charge is 0.264 e. The lowest BCUT2D eigenvalue weighted by atomic mass is 10.0. The number of ether oxygens (including phenoxy) is 1. The van der Waals surface area contributed by atoms with Gasteiger partial charge in [-0.25, -0.2) is 4.39 Å². The third-order valence-electron chi connectivity index (χ3n) is 2.78. The number of methoxy groups -OCH3 is 1. The maximum Gasteiger partial charge on any atom is 0.264 e. The van der Waals surface area contributed by atoms with E-state index in [0.29, 0.717) is 10.8 Å². The Hall–Kier alpha value is -1.73. The van der Waals surface area contributed by atoms with Crippen LogP contribution in [0.3, 0.4) is 0 Å². The number of fused-ring (bicyclic) bond motifs is 1. The van der Waals surface area contributed by atoms with Crippen molar-refractivity contribution >= 4 is 20.9 Å². The molecule has 4 nitrogen and oxygen atoms in total. The highest BCUT2D eigenvalue weighted by Gasteiger charge is 2.21. The first-order valence-electron chi connectivity index (χ1n) is 5.62. The quantitative estimate of drug-likeness (QED) is 0.815. The molecule has 2 aromatic carbocycles. The molecule has 0 amide bonds. The average molecular weight is 302 g/mol. The van der Waals surface area contributed by atoms with E-state index < -0.39 is 28.4 Å². The van der Waals surface area contributed by atoms with Gasteiger partial charge in [-0.3, -0.25) is 4.18 Å². The van der Waals surface area contributed by atoms with Crippen LogP contribution in [-0.4, -0.2) is 21.8 Å². The Bertz CT molecular complexity index is 757. The van der Waals surface area contributed by atoms with E-state index in [1.54, 1.807) is 24.3 Å². The Morgan fingerprint density at radius 3 is 2.25 bits per heavy atom. The van der Waals surface area contributed by atoms with Crippen LogP contribution in [0.15, 0.2) is 24.3 Å². The third-order valence-corrected chi connectivity index (χ3v) is 3.32. The monoisotopic (exact) mass is 302 g/mol.